The predicted molar refractivity (Wildman–Crippen MR) is 77.4 cm³/mol. The highest BCUT2D eigenvalue weighted by Gasteiger charge is 2.25. The van der Waals surface area contributed by atoms with E-state index < -0.39 is 0 Å². The Morgan fingerprint density at radius 1 is 1.32 bits per heavy atom. The molecule has 1 unspecified atom stereocenters. The molecule has 0 aliphatic carbocycles. The van der Waals surface area contributed by atoms with Crippen molar-refractivity contribution in [2.75, 3.05) is 26.3 Å². The lowest BCUT2D eigenvalue weighted by molar-refractivity contribution is 0.0877. The van der Waals surface area contributed by atoms with Crippen molar-refractivity contribution in [2.24, 2.45) is 5.92 Å². The molecule has 1 fully saturated rings. The molecule has 1 heterocycles. The maximum absolute atomic E-state index is 9.79. The minimum absolute atomic E-state index is 0.0650. The van der Waals surface area contributed by atoms with Gasteiger partial charge in [-0.3, -0.25) is 4.90 Å². The molecule has 0 radical (unpaired) electrons. The molecule has 1 saturated heterocycles. The van der Waals surface area contributed by atoms with Gasteiger partial charge in [0.15, 0.2) is 0 Å². The molecule has 0 saturated carbocycles. The molecular weight excluding hydrogens is 238 g/mol. The van der Waals surface area contributed by atoms with E-state index in [0.717, 1.165) is 30.3 Å². The second-order valence-corrected chi connectivity index (χ2v) is 5.39. The molecule has 2 rings (SSSR count). The van der Waals surface area contributed by atoms with Gasteiger partial charge in [0.2, 0.25) is 0 Å². The van der Waals surface area contributed by atoms with Gasteiger partial charge < -0.3 is 9.84 Å². The third-order valence-corrected chi connectivity index (χ3v) is 4.01. The average molecular weight is 263 g/mol. The van der Waals surface area contributed by atoms with E-state index in [0.29, 0.717) is 6.61 Å². The van der Waals surface area contributed by atoms with Gasteiger partial charge in [-0.15, -0.1) is 0 Å². The van der Waals surface area contributed by atoms with E-state index in [9.17, 15) is 5.11 Å². The summed E-state index contributed by atoms with van der Waals surface area (Å²) in [6.45, 7) is 7.23. The zero-order valence-corrected chi connectivity index (χ0v) is 12.0. The van der Waals surface area contributed by atoms with Gasteiger partial charge in [-0.05, 0) is 44.8 Å². The van der Waals surface area contributed by atoms with Gasteiger partial charge in [0.1, 0.15) is 5.75 Å². The van der Waals surface area contributed by atoms with Crippen molar-refractivity contribution in [3.05, 3.63) is 29.8 Å². The molecule has 0 bridgehead atoms. The van der Waals surface area contributed by atoms with Crippen LogP contribution >= 0.6 is 0 Å². The number of nitrogens with zero attached hydrogens (tertiary/aromatic N) is 1. The first-order valence-electron chi connectivity index (χ1n) is 7.32. The van der Waals surface area contributed by atoms with Crippen LogP contribution < -0.4 is 4.74 Å². The normalized spacial score (nSPS) is 19.3. The van der Waals surface area contributed by atoms with Crippen LogP contribution in [0.5, 0.6) is 5.75 Å². The number of aliphatic hydroxyl groups excluding tert-OH is 1. The molecule has 106 valence electrons. The number of piperidine rings is 1. The summed E-state index contributed by atoms with van der Waals surface area (Å²) in [4.78, 5) is 2.39. The van der Waals surface area contributed by atoms with Crippen molar-refractivity contribution in [1.82, 2.24) is 4.90 Å². The maximum atomic E-state index is 9.79. The van der Waals surface area contributed by atoms with E-state index in [4.69, 9.17) is 4.74 Å². The number of likely N-dealkylation sites (tertiary alicyclic amines) is 1. The molecule has 3 nitrogen and oxygen atoms in total. The molecule has 1 N–H and O–H groups in total. The lowest BCUT2D eigenvalue weighted by atomic mass is 9.95. The number of hydrogen-bond donors (Lipinski definition) is 1. The highest BCUT2D eigenvalue weighted by molar-refractivity contribution is 5.36. The number of benzene rings is 1. The Balaban J connectivity index is 2.17. The molecular formula is C16H25NO2. The zero-order chi connectivity index (χ0) is 13.7. The van der Waals surface area contributed by atoms with Crippen LogP contribution in [-0.4, -0.2) is 36.3 Å². The van der Waals surface area contributed by atoms with Crippen LogP contribution in [0.3, 0.4) is 0 Å². The van der Waals surface area contributed by atoms with Crippen molar-refractivity contribution in [3.8, 4) is 5.75 Å². The zero-order valence-electron chi connectivity index (χ0n) is 12.0. The Morgan fingerprint density at radius 2 is 2.00 bits per heavy atom. The first-order valence-corrected chi connectivity index (χ1v) is 7.32. The predicted octanol–water partition coefficient (Wildman–Crippen LogP) is 2.85. The molecule has 0 aromatic heterocycles. The largest absolute Gasteiger partial charge is 0.494 e. The van der Waals surface area contributed by atoms with Crippen LogP contribution in [0.2, 0.25) is 0 Å². The number of hydrogen-bond acceptors (Lipinski definition) is 3. The Bertz CT molecular complexity index is 386. The van der Waals surface area contributed by atoms with E-state index in [1.807, 2.05) is 25.1 Å². The van der Waals surface area contributed by atoms with Crippen molar-refractivity contribution in [3.63, 3.8) is 0 Å². The second-order valence-electron chi connectivity index (χ2n) is 5.39. The van der Waals surface area contributed by atoms with Crippen LogP contribution in [0.25, 0.3) is 0 Å². The van der Waals surface area contributed by atoms with Crippen molar-refractivity contribution >= 4 is 0 Å². The van der Waals surface area contributed by atoms with E-state index >= 15 is 0 Å². The van der Waals surface area contributed by atoms with Gasteiger partial charge in [-0.1, -0.05) is 25.1 Å². The van der Waals surface area contributed by atoms with Crippen LogP contribution in [0.1, 0.15) is 38.3 Å². The highest BCUT2D eigenvalue weighted by Crippen LogP contribution is 2.32. The Labute approximate surface area is 116 Å². The first kappa shape index (κ1) is 14.4. The third kappa shape index (κ3) is 3.48. The van der Waals surface area contributed by atoms with Gasteiger partial charge in [0.25, 0.3) is 0 Å². The van der Waals surface area contributed by atoms with Crippen LogP contribution in [0, 0.1) is 5.92 Å². The average Bonchev–Trinajstić information content (AvgIpc) is 2.44. The molecule has 1 aliphatic rings. The standard InChI is InChI=1S/C16H25NO2/c1-3-19-16-7-5-4-6-14(16)15(12-18)17-10-8-13(2)9-11-17/h4-7,13,15,18H,3,8-12H2,1-2H3. The number of para-hydroxylation sites is 1. The fourth-order valence-corrected chi connectivity index (χ4v) is 2.79. The fourth-order valence-electron chi connectivity index (χ4n) is 2.79. The molecule has 1 aromatic rings. The number of aliphatic hydroxyl groups is 1. The summed E-state index contributed by atoms with van der Waals surface area (Å²) >= 11 is 0. The minimum Gasteiger partial charge on any atom is -0.494 e. The summed E-state index contributed by atoms with van der Waals surface area (Å²) in [7, 11) is 0. The maximum Gasteiger partial charge on any atom is 0.124 e. The van der Waals surface area contributed by atoms with Gasteiger partial charge in [0, 0.05) is 5.56 Å². The molecule has 0 amide bonds. The summed E-state index contributed by atoms with van der Waals surface area (Å²) < 4.78 is 5.69. The number of ether oxygens (including phenoxy) is 1. The lowest BCUT2D eigenvalue weighted by Gasteiger charge is -2.36. The SMILES string of the molecule is CCOc1ccccc1C(CO)N1CCC(C)CC1. The molecule has 1 aromatic carbocycles. The number of rotatable bonds is 5. The van der Waals surface area contributed by atoms with E-state index in [1.54, 1.807) is 0 Å². The third-order valence-electron chi connectivity index (χ3n) is 4.01. The molecule has 0 spiro atoms. The van der Waals surface area contributed by atoms with Crippen LogP contribution in [-0.2, 0) is 0 Å². The summed E-state index contributed by atoms with van der Waals surface area (Å²) in [5.41, 5.74) is 1.11. The lowest BCUT2D eigenvalue weighted by Crippen LogP contribution is -2.37. The summed E-state index contributed by atoms with van der Waals surface area (Å²) in [6.07, 6.45) is 2.43. The van der Waals surface area contributed by atoms with Crippen LogP contribution in [0.15, 0.2) is 24.3 Å². The second kappa shape index (κ2) is 6.92. The van der Waals surface area contributed by atoms with Gasteiger partial charge in [-0.25, -0.2) is 0 Å². The first-order chi connectivity index (χ1) is 9.26. The topological polar surface area (TPSA) is 32.7 Å². The van der Waals surface area contributed by atoms with E-state index in [-0.39, 0.29) is 12.6 Å². The van der Waals surface area contributed by atoms with Crippen molar-refractivity contribution in [1.29, 1.82) is 0 Å². The summed E-state index contributed by atoms with van der Waals surface area (Å²) in [5, 5.41) is 9.79. The van der Waals surface area contributed by atoms with E-state index in [1.165, 1.54) is 12.8 Å². The Morgan fingerprint density at radius 3 is 2.63 bits per heavy atom. The van der Waals surface area contributed by atoms with Gasteiger partial charge >= 0.3 is 0 Å². The smallest absolute Gasteiger partial charge is 0.124 e. The Hall–Kier alpha value is -1.06. The Kier molecular flexibility index (Phi) is 5.23. The quantitative estimate of drug-likeness (QED) is 0.886. The molecule has 1 atom stereocenters. The van der Waals surface area contributed by atoms with E-state index in [2.05, 4.69) is 17.9 Å². The van der Waals surface area contributed by atoms with Gasteiger partial charge in [0.05, 0.1) is 19.3 Å². The molecule has 1 aliphatic heterocycles. The monoisotopic (exact) mass is 263 g/mol. The highest BCUT2D eigenvalue weighted by atomic mass is 16.5. The molecule has 3 heteroatoms. The van der Waals surface area contributed by atoms with Crippen molar-refractivity contribution < 1.29 is 9.84 Å². The summed E-state index contributed by atoms with van der Waals surface area (Å²) in [5.74, 6) is 1.71. The fraction of sp³-hybridized carbons (Fsp3) is 0.625. The molecule has 19 heavy (non-hydrogen) atoms. The van der Waals surface area contributed by atoms with Gasteiger partial charge in [-0.2, -0.15) is 0 Å². The van der Waals surface area contributed by atoms with Crippen LogP contribution in [0.4, 0.5) is 0 Å². The summed E-state index contributed by atoms with van der Waals surface area (Å²) in [6, 6.07) is 8.14. The minimum atomic E-state index is 0.0650. The van der Waals surface area contributed by atoms with Crippen molar-refractivity contribution in [2.45, 2.75) is 32.7 Å².